The van der Waals surface area contributed by atoms with Crippen molar-refractivity contribution in [2.24, 2.45) is 0 Å². The molecule has 68 heavy (non-hydrogen) atoms. The normalized spacial score (nSPS) is 13.8. The van der Waals surface area contributed by atoms with Gasteiger partial charge >= 0.3 is 0 Å². The van der Waals surface area contributed by atoms with Crippen LogP contribution in [0.2, 0.25) is 0 Å². The number of aromatic nitrogens is 2. The Morgan fingerprint density at radius 3 is 1.84 bits per heavy atom. The molecule has 4 heterocycles. The summed E-state index contributed by atoms with van der Waals surface area (Å²) in [5, 5.41) is 2.38. The van der Waals surface area contributed by atoms with Crippen molar-refractivity contribution in [2.75, 3.05) is 36.2 Å². The Morgan fingerprint density at radius 1 is 0.544 bits per heavy atom. The maximum atomic E-state index is 6.74. The highest BCUT2D eigenvalue weighted by Gasteiger charge is 2.27. The van der Waals surface area contributed by atoms with Gasteiger partial charge in [-0.15, -0.1) is 0 Å². The van der Waals surface area contributed by atoms with Crippen LogP contribution >= 0.6 is 0 Å². The predicted octanol–water partition coefficient (Wildman–Crippen LogP) is 15.3. The molecule has 0 radical (unpaired) electrons. The number of imidazole rings is 1. The number of furan rings is 1. The van der Waals surface area contributed by atoms with E-state index in [0.29, 0.717) is 5.92 Å². The number of anilines is 2. The van der Waals surface area contributed by atoms with E-state index in [1.165, 1.54) is 74.2 Å². The van der Waals surface area contributed by atoms with Gasteiger partial charge in [-0.25, -0.2) is 4.98 Å². The van der Waals surface area contributed by atoms with Gasteiger partial charge in [-0.05, 0) is 109 Å². The number of para-hydroxylation sites is 2. The van der Waals surface area contributed by atoms with E-state index < -0.39 is 0 Å². The second-order valence-electron chi connectivity index (χ2n) is 19.4. The van der Waals surface area contributed by atoms with Crippen molar-refractivity contribution in [3.8, 4) is 28.2 Å². The summed E-state index contributed by atoms with van der Waals surface area (Å²) in [5.41, 5.74) is 14.7. The van der Waals surface area contributed by atoms with Gasteiger partial charge in [0.05, 0.1) is 19.0 Å². The molecule has 7 nitrogen and oxygen atoms in total. The van der Waals surface area contributed by atoms with E-state index in [9.17, 15) is 0 Å². The first kappa shape index (κ1) is 44.8. The average molecular weight is 899 g/mol. The van der Waals surface area contributed by atoms with Crippen molar-refractivity contribution in [3.05, 3.63) is 193 Å². The second kappa shape index (κ2) is 20.5. The molecule has 0 unspecified atom stereocenters. The number of hydrogen-bond donors (Lipinski definition) is 0. The number of nitrogens with zero attached hydrogens (tertiary/aromatic N) is 6. The van der Waals surface area contributed by atoms with Gasteiger partial charge in [0.2, 0.25) is 0 Å². The zero-order valence-electron chi connectivity index (χ0n) is 40.4. The molecule has 0 fully saturated rings. The smallest absolute Gasteiger partial charge is 0.144 e. The first-order valence-electron chi connectivity index (χ1n) is 25.1. The zero-order chi connectivity index (χ0) is 46.4. The molecule has 0 N–H and O–H groups in total. The summed E-state index contributed by atoms with van der Waals surface area (Å²) in [6.07, 6.45) is 20.0. The Hall–Kier alpha value is -6.99. The molecule has 0 saturated heterocycles. The first-order chi connectivity index (χ1) is 33.4. The molecule has 6 aromatic carbocycles. The summed E-state index contributed by atoms with van der Waals surface area (Å²) in [6.45, 7) is 13.2. The molecule has 346 valence electrons. The molecule has 7 heteroatoms. The molecule has 2 aliphatic rings. The van der Waals surface area contributed by atoms with Gasteiger partial charge in [-0.2, -0.15) is 0 Å². The molecule has 8 aromatic rings. The van der Waals surface area contributed by atoms with Crippen LogP contribution in [-0.2, 0) is 12.8 Å². The van der Waals surface area contributed by atoms with Crippen LogP contribution in [0.4, 0.5) is 11.4 Å². The number of hydrogen-bond acceptors (Lipinski definition) is 6. The van der Waals surface area contributed by atoms with Crippen LogP contribution in [-0.4, -0.2) is 45.8 Å². The molecule has 0 saturated carbocycles. The van der Waals surface area contributed by atoms with Crippen molar-refractivity contribution in [1.29, 1.82) is 0 Å². The van der Waals surface area contributed by atoms with Crippen LogP contribution in [0.25, 0.3) is 50.1 Å². The number of fused-ring (bicyclic) bond motifs is 3. The minimum Gasteiger partial charge on any atom is -0.456 e. The van der Waals surface area contributed by atoms with E-state index >= 15 is 0 Å². The van der Waals surface area contributed by atoms with E-state index in [0.717, 1.165) is 87.5 Å². The van der Waals surface area contributed by atoms with Crippen LogP contribution in [0.3, 0.4) is 0 Å². The number of rotatable bonds is 19. The van der Waals surface area contributed by atoms with Crippen LogP contribution in [0, 0.1) is 0 Å². The summed E-state index contributed by atoms with van der Waals surface area (Å²) >= 11 is 0. The van der Waals surface area contributed by atoms with Gasteiger partial charge in [-0.1, -0.05) is 144 Å². The van der Waals surface area contributed by atoms with Crippen molar-refractivity contribution in [1.82, 2.24) is 19.4 Å². The van der Waals surface area contributed by atoms with Gasteiger partial charge in [0.1, 0.15) is 17.0 Å². The molecule has 0 bridgehead atoms. The Bertz CT molecular complexity index is 3000. The van der Waals surface area contributed by atoms with Gasteiger partial charge < -0.3 is 24.0 Å². The molecule has 0 aliphatic carbocycles. The van der Waals surface area contributed by atoms with Crippen LogP contribution < -0.4 is 9.80 Å². The third-order valence-electron chi connectivity index (χ3n) is 13.9. The fourth-order valence-corrected chi connectivity index (χ4v) is 10.4. The highest BCUT2D eigenvalue weighted by Crippen LogP contribution is 2.43. The highest BCUT2D eigenvalue weighted by molar-refractivity contribution is 6.07. The maximum Gasteiger partial charge on any atom is 0.144 e. The predicted molar refractivity (Wildman–Crippen MR) is 284 cm³/mol. The summed E-state index contributed by atoms with van der Waals surface area (Å²) in [4.78, 5) is 14.8. The minimum absolute atomic E-state index is 0.244. The third-order valence-corrected chi connectivity index (χ3v) is 13.9. The SMILES string of the molecule is CC(C)c1cc2c(oc3ccccc32)c(C(C)C)c1-n1c(CCCCCCc2ccc(N3C=CN(CCCCN4C=CN(c5ccccc5)C4)C3)cc2-c2ccccc2)cnc1-c1ccccc1. The first-order valence-corrected chi connectivity index (χ1v) is 25.1. The molecule has 10 rings (SSSR count). The Kier molecular flexibility index (Phi) is 13.5. The summed E-state index contributed by atoms with van der Waals surface area (Å²) in [6, 6.07) is 50.3. The fourth-order valence-electron chi connectivity index (χ4n) is 10.4. The standard InChI is InChI=1S/C61H66N6O/c1-45(2)54-41-56-53-30-18-19-31-57(53)68-60(56)58(46(3)4)59(54)67-52(42-62-61(67)49-25-13-8-14-26-49)29-15-6-5-10-24-48-32-33-51(40-55(48)47-22-11-7-12-23-47)66-39-37-64(44-66)35-21-20-34-63-36-38-65(43-63)50-27-16-9-17-28-50/h7-9,11-14,16-19,22-23,25-28,30-33,36-42,45-46H,5-6,10,15,20-21,24,29,34-35,43-44H2,1-4H3. The molecule has 2 aromatic heterocycles. The molecule has 0 spiro atoms. The fraction of sp³-hybridized carbons (Fsp3) is 0.295. The summed E-state index contributed by atoms with van der Waals surface area (Å²) < 4.78 is 9.22. The maximum absolute atomic E-state index is 6.74. The van der Waals surface area contributed by atoms with Crippen LogP contribution in [0.1, 0.15) is 100 Å². The van der Waals surface area contributed by atoms with Gasteiger partial charge in [-0.3, -0.25) is 4.57 Å². The van der Waals surface area contributed by atoms with Gasteiger partial charge in [0.25, 0.3) is 0 Å². The van der Waals surface area contributed by atoms with Crippen molar-refractivity contribution >= 4 is 33.3 Å². The monoisotopic (exact) mass is 899 g/mol. The van der Waals surface area contributed by atoms with Crippen LogP contribution in [0.15, 0.2) is 175 Å². The van der Waals surface area contributed by atoms with Crippen LogP contribution in [0.5, 0.6) is 0 Å². The van der Waals surface area contributed by atoms with Crippen molar-refractivity contribution < 1.29 is 4.42 Å². The number of benzene rings is 6. The number of aryl methyl sites for hydroxylation is 2. The molecular formula is C61H66N6O. The van der Waals surface area contributed by atoms with Crippen molar-refractivity contribution in [2.45, 2.75) is 90.9 Å². The van der Waals surface area contributed by atoms with E-state index in [-0.39, 0.29) is 5.92 Å². The summed E-state index contributed by atoms with van der Waals surface area (Å²) in [7, 11) is 0. The average Bonchev–Trinajstić information content (AvgIpc) is 4.21. The lowest BCUT2D eigenvalue weighted by atomic mass is 9.89. The Morgan fingerprint density at radius 2 is 1.16 bits per heavy atom. The minimum atomic E-state index is 0.244. The van der Waals surface area contributed by atoms with Gasteiger partial charge in [0, 0.05) is 83.1 Å². The highest BCUT2D eigenvalue weighted by atomic mass is 16.3. The zero-order valence-corrected chi connectivity index (χ0v) is 40.4. The van der Waals surface area contributed by atoms with E-state index in [2.05, 4.69) is 222 Å². The third kappa shape index (κ3) is 9.58. The van der Waals surface area contributed by atoms with Gasteiger partial charge in [0.15, 0.2) is 0 Å². The second-order valence-corrected chi connectivity index (χ2v) is 19.4. The van der Waals surface area contributed by atoms with E-state index in [4.69, 9.17) is 9.40 Å². The largest absolute Gasteiger partial charge is 0.456 e. The quantitative estimate of drug-likeness (QED) is 0.0754. The summed E-state index contributed by atoms with van der Waals surface area (Å²) in [5.74, 6) is 1.55. The lowest BCUT2D eigenvalue weighted by Gasteiger charge is -2.24. The Balaban J connectivity index is 0.790. The molecule has 0 atom stereocenters. The molecule has 0 amide bonds. The lowest BCUT2D eigenvalue weighted by molar-refractivity contribution is 0.354. The lowest BCUT2D eigenvalue weighted by Crippen LogP contribution is -2.28. The topological polar surface area (TPSA) is 43.9 Å². The van der Waals surface area contributed by atoms with E-state index in [1.807, 2.05) is 0 Å². The molecule has 2 aliphatic heterocycles. The van der Waals surface area contributed by atoms with E-state index in [1.54, 1.807) is 0 Å². The van der Waals surface area contributed by atoms with Crippen molar-refractivity contribution in [3.63, 3.8) is 0 Å². The number of unbranched alkanes of at least 4 members (excludes halogenated alkanes) is 4. The Labute approximate surface area is 403 Å². The molecular weight excluding hydrogens is 833 g/mol.